The van der Waals surface area contributed by atoms with Crippen molar-refractivity contribution in [2.75, 3.05) is 24.1 Å². The number of hydrogen-bond acceptors (Lipinski definition) is 7. The first kappa shape index (κ1) is 22.0. The van der Waals surface area contributed by atoms with Gasteiger partial charge in [-0.3, -0.25) is 19.0 Å². The molecule has 35 heavy (non-hydrogen) atoms. The number of nitrogens with one attached hydrogen (secondary N) is 1. The Kier molecular flexibility index (Phi) is 5.81. The highest BCUT2D eigenvalue weighted by Crippen LogP contribution is 2.33. The number of carbonyl (C=O) groups excluding carboxylic acids is 2. The first-order valence-electron chi connectivity index (χ1n) is 11.1. The standard InChI is InChI=1S/C25H22N8O2/c1-2-5-21(34)32-13-10-17(15-32)22-19-9-12-28-25(26)33(19)23(31-22)18-8-7-16(14-29-18)24(35)30-20-6-3-4-11-27-20/h3-4,6-9,11-12,14,17H,10,13,15H2,1H3,(H2,26,28)(H,27,30,35). The van der Waals surface area contributed by atoms with Crippen molar-refractivity contribution in [2.45, 2.75) is 19.3 Å². The van der Waals surface area contributed by atoms with Crippen molar-refractivity contribution in [1.29, 1.82) is 0 Å². The zero-order valence-corrected chi connectivity index (χ0v) is 19.0. The van der Waals surface area contributed by atoms with E-state index in [2.05, 4.69) is 32.1 Å². The van der Waals surface area contributed by atoms with E-state index < -0.39 is 0 Å². The summed E-state index contributed by atoms with van der Waals surface area (Å²) in [5, 5.41) is 2.74. The number of fused-ring (bicyclic) bond motifs is 1. The molecule has 0 bridgehead atoms. The van der Waals surface area contributed by atoms with Crippen LogP contribution in [0.5, 0.6) is 0 Å². The molecule has 1 saturated heterocycles. The quantitative estimate of drug-likeness (QED) is 0.441. The number of amides is 2. The number of imidazole rings is 1. The fraction of sp³-hybridized carbons (Fsp3) is 0.200. The van der Waals surface area contributed by atoms with Crippen molar-refractivity contribution in [2.24, 2.45) is 0 Å². The van der Waals surface area contributed by atoms with E-state index in [1.165, 1.54) is 6.20 Å². The fourth-order valence-corrected chi connectivity index (χ4v) is 4.20. The molecule has 1 aliphatic rings. The van der Waals surface area contributed by atoms with E-state index in [1.54, 1.807) is 58.9 Å². The lowest BCUT2D eigenvalue weighted by atomic mass is 10.0. The van der Waals surface area contributed by atoms with Crippen LogP contribution in [-0.2, 0) is 4.79 Å². The Morgan fingerprint density at radius 3 is 2.74 bits per heavy atom. The number of anilines is 2. The Morgan fingerprint density at radius 1 is 1.11 bits per heavy atom. The van der Waals surface area contributed by atoms with Crippen molar-refractivity contribution in [3.63, 3.8) is 0 Å². The number of carbonyl (C=O) groups is 2. The molecule has 4 aromatic rings. The second kappa shape index (κ2) is 9.23. The van der Waals surface area contributed by atoms with Gasteiger partial charge in [-0.25, -0.2) is 15.0 Å². The molecule has 0 saturated carbocycles. The van der Waals surface area contributed by atoms with Gasteiger partial charge in [0.1, 0.15) is 11.5 Å². The monoisotopic (exact) mass is 466 g/mol. The minimum atomic E-state index is -0.316. The molecule has 2 amide bonds. The average Bonchev–Trinajstić information content (AvgIpc) is 3.51. The third-order valence-electron chi connectivity index (χ3n) is 5.87. The van der Waals surface area contributed by atoms with E-state index in [4.69, 9.17) is 10.7 Å². The van der Waals surface area contributed by atoms with Crippen LogP contribution in [0.25, 0.3) is 17.0 Å². The van der Waals surface area contributed by atoms with Crippen LogP contribution in [-0.4, -0.2) is 54.1 Å². The van der Waals surface area contributed by atoms with E-state index in [0.717, 1.165) is 17.6 Å². The number of likely N-dealkylation sites (tertiary alicyclic amines) is 1. The molecule has 5 heterocycles. The fourth-order valence-electron chi connectivity index (χ4n) is 4.20. The van der Waals surface area contributed by atoms with Crippen LogP contribution < -0.4 is 11.1 Å². The molecule has 4 aromatic heterocycles. The summed E-state index contributed by atoms with van der Waals surface area (Å²) in [6.45, 7) is 2.80. The van der Waals surface area contributed by atoms with Crippen molar-refractivity contribution in [3.05, 3.63) is 66.2 Å². The van der Waals surface area contributed by atoms with Crippen molar-refractivity contribution in [1.82, 2.24) is 29.2 Å². The number of pyridine rings is 2. The Bertz CT molecular complexity index is 1470. The molecule has 1 atom stereocenters. The average molecular weight is 467 g/mol. The highest BCUT2D eigenvalue weighted by molar-refractivity contribution is 6.03. The Labute approximate surface area is 201 Å². The Hall–Kier alpha value is -4.78. The van der Waals surface area contributed by atoms with Crippen LogP contribution in [0.3, 0.4) is 0 Å². The molecule has 5 rings (SSSR count). The first-order chi connectivity index (χ1) is 17.0. The maximum absolute atomic E-state index is 12.6. The van der Waals surface area contributed by atoms with Gasteiger partial charge in [0.2, 0.25) is 5.95 Å². The molecule has 1 fully saturated rings. The summed E-state index contributed by atoms with van der Waals surface area (Å²) in [4.78, 5) is 44.2. The van der Waals surface area contributed by atoms with Gasteiger partial charge in [0, 0.05) is 37.6 Å². The van der Waals surface area contributed by atoms with E-state index in [9.17, 15) is 9.59 Å². The molecular formula is C25H22N8O2. The second-order valence-electron chi connectivity index (χ2n) is 8.06. The predicted molar refractivity (Wildman–Crippen MR) is 130 cm³/mol. The Balaban J connectivity index is 1.45. The summed E-state index contributed by atoms with van der Waals surface area (Å²) in [7, 11) is 0. The molecule has 0 aliphatic carbocycles. The molecule has 10 heteroatoms. The van der Waals surface area contributed by atoms with Crippen LogP contribution in [0.15, 0.2) is 55.0 Å². The number of rotatable bonds is 4. The van der Waals surface area contributed by atoms with E-state index >= 15 is 0 Å². The molecule has 3 N–H and O–H groups in total. The van der Waals surface area contributed by atoms with Gasteiger partial charge in [-0.1, -0.05) is 12.0 Å². The summed E-state index contributed by atoms with van der Waals surface area (Å²) in [5.74, 6) is 6.06. The molecule has 0 radical (unpaired) electrons. The maximum atomic E-state index is 12.6. The van der Waals surface area contributed by atoms with Crippen LogP contribution in [0.4, 0.5) is 11.8 Å². The number of aromatic nitrogens is 5. The number of nitrogens with two attached hydrogens (primary N) is 1. The molecule has 0 aromatic carbocycles. The zero-order chi connectivity index (χ0) is 24.4. The second-order valence-corrected chi connectivity index (χ2v) is 8.06. The van der Waals surface area contributed by atoms with Gasteiger partial charge in [-0.2, -0.15) is 0 Å². The van der Waals surface area contributed by atoms with Crippen molar-refractivity contribution in [3.8, 4) is 23.4 Å². The van der Waals surface area contributed by atoms with Gasteiger partial charge in [-0.05, 0) is 49.6 Å². The van der Waals surface area contributed by atoms with Gasteiger partial charge in [0.15, 0.2) is 5.82 Å². The smallest absolute Gasteiger partial charge is 0.298 e. The maximum Gasteiger partial charge on any atom is 0.298 e. The van der Waals surface area contributed by atoms with E-state index in [1.807, 2.05) is 6.07 Å². The van der Waals surface area contributed by atoms with Gasteiger partial charge in [0.25, 0.3) is 11.8 Å². The summed E-state index contributed by atoms with van der Waals surface area (Å²) >= 11 is 0. The van der Waals surface area contributed by atoms with Crippen LogP contribution in [0.1, 0.15) is 35.3 Å². The van der Waals surface area contributed by atoms with Crippen molar-refractivity contribution < 1.29 is 9.59 Å². The first-order valence-corrected chi connectivity index (χ1v) is 11.1. The molecule has 1 aliphatic heterocycles. The number of hydrogen-bond donors (Lipinski definition) is 2. The van der Waals surface area contributed by atoms with E-state index in [-0.39, 0.29) is 23.7 Å². The summed E-state index contributed by atoms with van der Waals surface area (Å²) in [6.07, 6.45) is 5.50. The molecular weight excluding hydrogens is 444 g/mol. The van der Waals surface area contributed by atoms with E-state index in [0.29, 0.717) is 36.0 Å². The third kappa shape index (κ3) is 4.27. The lowest BCUT2D eigenvalue weighted by molar-refractivity contribution is -0.124. The normalized spacial score (nSPS) is 15.0. The molecule has 174 valence electrons. The summed E-state index contributed by atoms with van der Waals surface area (Å²) in [6, 6.07) is 10.5. The van der Waals surface area contributed by atoms with Crippen LogP contribution in [0, 0.1) is 11.8 Å². The summed E-state index contributed by atoms with van der Waals surface area (Å²) in [5.41, 5.74) is 8.78. The minimum absolute atomic E-state index is 0.0339. The molecule has 10 nitrogen and oxygen atoms in total. The SMILES string of the molecule is CC#CC(=O)N1CCC(c2nc(-c3ccc(C(=O)Nc4ccccn4)cn3)n3c(N)nccc23)C1. The highest BCUT2D eigenvalue weighted by Gasteiger charge is 2.31. The lowest BCUT2D eigenvalue weighted by Crippen LogP contribution is -2.26. The van der Waals surface area contributed by atoms with Gasteiger partial charge < -0.3 is 16.0 Å². The summed E-state index contributed by atoms with van der Waals surface area (Å²) < 4.78 is 1.75. The Morgan fingerprint density at radius 2 is 2.00 bits per heavy atom. The number of nitrogen functional groups attached to an aromatic ring is 1. The van der Waals surface area contributed by atoms with Crippen LogP contribution in [0.2, 0.25) is 0 Å². The van der Waals surface area contributed by atoms with Crippen LogP contribution >= 0.6 is 0 Å². The molecule has 0 spiro atoms. The highest BCUT2D eigenvalue weighted by atomic mass is 16.2. The van der Waals surface area contributed by atoms with Gasteiger partial charge in [-0.15, -0.1) is 0 Å². The minimum Gasteiger partial charge on any atom is -0.369 e. The largest absolute Gasteiger partial charge is 0.369 e. The van der Waals surface area contributed by atoms with Gasteiger partial charge in [0.05, 0.1) is 16.8 Å². The number of nitrogens with zero attached hydrogens (tertiary/aromatic N) is 6. The third-order valence-corrected chi connectivity index (χ3v) is 5.87. The predicted octanol–water partition coefficient (Wildman–Crippen LogP) is 2.36. The van der Waals surface area contributed by atoms with Crippen molar-refractivity contribution >= 4 is 29.1 Å². The zero-order valence-electron chi connectivity index (χ0n) is 19.0. The topological polar surface area (TPSA) is 131 Å². The lowest BCUT2D eigenvalue weighted by Gasteiger charge is -2.12. The van der Waals surface area contributed by atoms with Gasteiger partial charge >= 0.3 is 0 Å². The molecule has 1 unspecified atom stereocenters.